The van der Waals surface area contributed by atoms with Crippen molar-refractivity contribution < 1.29 is 9.90 Å². The number of rotatable bonds is 4. The Labute approximate surface area is 113 Å². The van der Waals surface area contributed by atoms with Crippen molar-refractivity contribution in [1.82, 2.24) is 15.2 Å². The predicted molar refractivity (Wildman–Crippen MR) is 72.3 cm³/mol. The molecule has 1 aliphatic heterocycles. The van der Waals surface area contributed by atoms with Gasteiger partial charge in [-0.25, -0.2) is 0 Å². The van der Waals surface area contributed by atoms with Gasteiger partial charge in [-0.2, -0.15) is 0 Å². The van der Waals surface area contributed by atoms with E-state index in [1.807, 2.05) is 12.1 Å². The Balaban J connectivity index is 2.14. The minimum absolute atomic E-state index is 0.0208. The lowest BCUT2D eigenvalue weighted by Gasteiger charge is -2.28. The van der Waals surface area contributed by atoms with E-state index in [2.05, 4.69) is 22.1 Å². The Kier molecular flexibility index (Phi) is 4.87. The summed E-state index contributed by atoms with van der Waals surface area (Å²) in [4.78, 5) is 18.2. The van der Waals surface area contributed by atoms with Gasteiger partial charge in [-0.15, -0.1) is 0 Å². The van der Waals surface area contributed by atoms with E-state index in [4.69, 9.17) is 5.11 Å². The molecule has 1 saturated heterocycles. The van der Waals surface area contributed by atoms with Gasteiger partial charge in [0.1, 0.15) is 0 Å². The molecule has 2 N–H and O–H groups in total. The quantitative estimate of drug-likeness (QED) is 0.825. The van der Waals surface area contributed by atoms with Crippen LogP contribution >= 0.6 is 0 Å². The molecule has 1 amide bonds. The van der Waals surface area contributed by atoms with E-state index >= 15 is 0 Å². The summed E-state index contributed by atoms with van der Waals surface area (Å²) < 4.78 is 0. The van der Waals surface area contributed by atoms with Crippen LogP contribution in [0.3, 0.4) is 0 Å². The lowest BCUT2D eigenvalue weighted by molar-refractivity contribution is -0.126. The average molecular weight is 263 g/mol. The molecule has 2 atom stereocenters. The molecule has 1 aliphatic rings. The maximum absolute atomic E-state index is 12.1. The highest BCUT2D eigenvalue weighted by atomic mass is 16.3. The first-order chi connectivity index (χ1) is 9.20. The van der Waals surface area contributed by atoms with E-state index in [1.165, 1.54) is 0 Å². The van der Waals surface area contributed by atoms with Crippen molar-refractivity contribution in [2.75, 3.05) is 19.7 Å². The van der Waals surface area contributed by atoms with E-state index in [9.17, 15) is 4.79 Å². The SMILES string of the molecule is CC1CNC(=O)C(CCO)N(Cc2ccncc2)C1. The average Bonchev–Trinajstić information content (AvgIpc) is 2.54. The minimum atomic E-state index is -0.247. The zero-order valence-electron chi connectivity index (χ0n) is 11.2. The Morgan fingerprint density at radius 1 is 1.47 bits per heavy atom. The number of hydrogen-bond acceptors (Lipinski definition) is 4. The Hall–Kier alpha value is -1.46. The molecule has 1 aromatic rings. The van der Waals surface area contributed by atoms with E-state index in [1.54, 1.807) is 12.4 Å². The first-order valence-electron chi connectivity index (χ1n) is 6.72. The van der Waals surface area contributed by atoms with Crippen LogP contribution in [-0.4, -0.2) is 46.6 Å². The number of hydrogen-bond donors (Lipinski definition) is 2. The number of carbonyl (C=O) groups is 1. The first kappa shape index (κ1) is 14.0. The Bertz CT molecular complexity index is 410. The van der Waals surface area contributed by atoms with Crippen LogP contribution in [0.5, 0.6) is 0 Å². The fourth-order valence-corrected chi connectivity index (χ4v) is 2.48. The van der Waals surface area contributed by atoms with Gasteiger partial charge in [0, 0.05) is 38.6 Å². The Morgan fingerprint density at radius 2 is 2.21 bits per heavy atom. The number of aliphatic hydroxyl groups is 1. The van der Waals surface area contributed by atoms with E-state index in [0.29, 0.717) is 25.4 Å². The van der Waals surface area contributed by atoms with Gasteiger partial charge in [0.05, 0.1) is 6.04 Å². The van der Waals surface area contributed by atoms with Crippen LogP contribution in [0.1, 0.15) is 18.9 Å². The molecule has 0 bridgehead atoms. The van der Waals surface area contributed by atoms with Gasteiger partial charge in [-0.05, 0) is 30.0 Å². The highest BCUT2D eigenvalue weighted by Gasteiger charge is 2.29. The highest BCUT2D eigenvalue weighted by molar-refractivity contribution is 5.82. The van der Waals surface area contributed by atoms with Crippen LogP contribution in [0.2, 0.25) is 0 Å². The van der Waals surface area contributed by atoms with Crippen LogP contribution in [0, 0.1) is 5.92 Å². The summed E-state index contributed by atoms with van der Waals surface area (Å²) in [5.41, 5.74) is 1.14. The molecule has 1 aromatic heterocycles. The molecule has 5 nitrogen and oxygen atoms in total. The molecule has 5 heteroatoms. The number of pyridine rings is 1. The van der Waals surface area contributed by atoms with E-state index < -0.39 is 0 Å². The highest BCUT2D eigenvalue weighted by Crippen LogP contribution is 2.16. The van der Waals surface area contributed by atoms with Gasteiger partial charge < -0.3 is 10.4 Å². The molecular formula is C14H21N3O2. The van der Waals surface area contributed by atoms with E-state index in [-0.39, 0.29) is 18.6 Å². The normalized spacial score (nSPS) is 24.8. The van der Waals surface area contributed by atoms with Gasteiger partial charge in [-0.1, -0.05) is 6.92 Å². The van der Waals surface area contributed by atoms with Crippen LogP contribution in [0.15, 0.2) is 24.5 Å². The minimum Gasteiger partial charge on any atom is -0.396 e. The van der Waals surface area contributed by atoms with Crippen LogP contribution in [0.25, 0.3) is 0 Å². The molecule has 0 aromatic carbocycles. The topological polar surface area (TPSA) is 65.5 Å². The van der Waals surface area contributed by atoms with Crippen molar-refractivity contribution in [2.45, 2.75) is 25.9 Å². The number of nitrogens with one attached hydrogen (secondary N) is 1. The first-order valence-corrected chi connectivity index (χ1v) is 6.72. The zero-order chi connectivity index (χ0) is 13.7. The summed E-state index contributed by atoms with van der Waals surface area (Å²) in [6.07, 6.45) is 4.00. The largest absolute Gasteiger partial charge is 0.396 e. The van der Waals surface area contributed by atoms with Gasteiger partial charge in [0.25, 0.3) is 0 Å². The predicted octanol–water partition coefficient (Wildman–Crippen LogP) is 0.400. The number of nitrogens with zero attached hydrogens (tertiary/aromatic N) is 2. The second-order valence-corrected chi connectivity index (χ2v) is 5.16. The molecule has 104 valence electrons. The third-order valence-corrected chi connectivity index (χ3v) is 3.45. The summed E-state index contributed by atoms with van der Waals surface area (Å²) >= 11 is 0. The molecule has 0 saturated carbocycles. The second-order valence-electron chi connectivity index (χ2n) is 5.16. The maximum Gasteiger partial charge on any atom is 0.237 e. The van der Waals surface area contributed by atoms with Crippen LogP contribution < -0.4 is 5.32 Å². The molecule has 2 unspecified atom stereocenters. The van der Waals surface area contributed by atoms with E-state index in [0.717, 1.165) is 12.1 Å². The van der Waals surface area contributed by atoms with Crippen LogP contribution in [-0.2, 0) is 11.3 Å². The zero-order valence-corrected chi connectivity index (χ0v) is 11.2. The summed E-state index contributed by atoms with van der Waals surface area (Å²) in [6.45, 7) is 4.42. The summed E-state index contributed by atoms with van der Waals surface area (Å²) in [5, 5.41) is 12.1. The Morgan fingerprint density at radius 3 is 2.89 bits per heavy atom. The van der Waals surface area contributed by atoms with Gasteiger partial charge in [-0.3, -0.25) is 14.7 Å². The molecule has 0 spiro atoms. The van der Waals surface area contributed by atoms with Gasteiger partial charge >= 0.3 is 0 Å². The molecule has 19 heavy (non-hydrogen) atoms. The summed E-state index contributed by atoms with van der Waals surface area (Å²) in [7, 11) is 0. The van der Waals surface area contributed by atoms with Crippen molar-refractivity contribution in [1.29, 1.82) is 0 Å². The second kappa shape index (κ2) is 6.63. The molecular weight excluding hydrogens is 242 g/mol. The monoisotopic (exact) mass is 263 g/mol. The third-order valence-electron chi connectivity index (χ3n) is 3.45. The summed E-state index contributed by atoms with van der Waals surface area (Å²) in [5.74, 6) is 0.432. The number of amides is 1. The maximum atomic E-state index is 12.1. The number of aromatic nitrogens is 1. The molecule has 0 aliphatic carbocycles. The van der Waals surface area contributed by atoms with Crippen molar-refractivity contribution in [3.63, 3.8) is 0 Å². The van der Waals surface area contributed by atoms with Crippen molar-refractivity contribution in [3.05, 3.63) is 30.1 Å². The van der Waals surface area contributed by atoms with Crippen LogP contribution in [0.4, 0.5) is 0 Å². The standard InChI is InChI=1S/C14H21N3O2/c1-11-8-16-14(19)13(4-7-18)17(9-11)10-12-2-5-15-6-3-12/h2-3,5-6,11,13,18H,4,7-10H2,1H3,(H,16,19). The molecule has 0 radical (unpaired) electrons. The molecule has 2 heterocycles. The number of aliphatic hydroxyl groups excluding tert-OH is 1. The third kappa shape index (κ3) is 3.75. The summed E-state index contributed by atoms with van der Waals surface area (Å²) in [6, 6.07) is 3.68. The number of carbonyl (C=O) groups excluding carboxylic acids is 1. The van der Waals surface area contributed by atoms with Crippen molar-refractivity contribution >= 4 is 5.91 Å². The fraction of sp³-hybridized carbons (Fsp3) is 0.571. The fourth-order valence-electron chi connectivity index (χ4n) is 2.48. The van der Waals surface area contributed by atoms with Gasteiger partial charge in [0.15, 0.2) is 0 Å². The van der Waals surface area contributed by atoms with Crippen molar-refractivity contribution in [3.8, 4) is 0 Å². The van der Waals surface area contributed by atoms with Gasteiger partial charge in [0.2, 0.25) is 5.91 Å². The smallest absolute Gasteiger partial charge is 0.237 e. The lowest BCUT2D eigenvalue weighted by Crippen LogP contribution is -2.44. The molecule has 2 rings (SSSR count). The lowest BCUT2D eigenvalue weighted by atomic mass is 10.1. The molecule has 1 fully saturated rings. The van der Waals surface area contributed by atoms with Crippen molar-refractivity contribution in [2.24, 2.45) is 5.92 Å².